The molecule has 0 aromatic heterocycles. The topological polar surface area (TPSA) is 15.3 Å². The monoisotopic (exact) mass is 196 g/mol. The third-order valence-corrected chi connectivity index (χ3v) is 4.04. The van der Waals surface area contributed by atoms with Gasteiger partial charge in [0.2, 0.25) is 0 Å². The van der Waals surface area contributed by atoms with Gasteiger partial charge in [0.05, 0.1) is 0 Å². The summed E-state index contributed by atoms with van der Waals surface area (Å²) in [5.41, 5.74) is 0.451. The van der Waals surface area contributed by atoms with Crippen LogP contribution in [0.4, 0.5) is 0 Å². The number of piperidine rings is 1. The van der Waals surface area contributed by atoms with Gasteiger partial charge in [0, 0.05) is 24.2 Å². The molecule has 0 amide bonds. The fourth-order valence-corrected chi connectivity index (χ4v) is 3.05. The molecule has 2 heterocycles. The molecule has 2 unspecified atom stereocenters. The SMILES string of the molecule is CC1CCC(N2CCCC2(C)C)CN1. The molecule has 82 valence electrons. The van der Waals surface area contributed by atoms with Crippen LogP contribution in [-0.4, -0.2) is 35.6 Å². The largest absolute Gasteiger partial charge is 0.313 e. The van der Waals surface area contributed by atoms with Gasteiger partial charge in [-0.15, -0.1) is 0 Å². The van der Waals surface area contributed by atoms with Crippen molar-refractivity contribution in [3.05, 3.63) is 0 Å². The predicted octanol–water partition coefficient (Wildman–Crippen LogP) is 2.00. The average molecular weight is 196 g/mol. The minimum atomic E-state index is 0.451. The van der Waals surface area contributed by atoms with Gasteiger partial charge >= 0.3 is 0 Å². The first-order chi connectivity index (χ1) is 6.59. The molecule has 0 spiro atoms. The van der Waals surface area contributed by atoms with Gasteiger partial charge in [0.25, 0.3) is 0 Å². The lowest BCUT2D eigenvalue weighted by Crippen LogP contribution is -2.53. The molecular weight excluding hydrogens is 172 g/mol. The maximum absolute atomic E-state index is 3.61. The van der Waals surface area contributed by atoms with Crippen molar-refractivity contribution >= 4 is 0 Å². The molecule has 2 aliphatic rings. The molecule has 2 heteroatoms. The quantitative estimate of drug-likeness (QED) is 0.690. The lowest BCUT2D eigenvalue weighted by Gasteiger charge is -2.41. The minimum Gasteiger partial charge on any atom is -0.313 e. The van der Waals surface area contributed by atoms with E-state index in [2.05, 4.69) is 31.0 Å². The molecule has 2 saturated heterocycles. The molecule has 1 N–H and O–H groups in total. The Morgan fingerprint density at radius 3 is 2.57 bits per heavy atom. The molecule has 2 atom stereocenters. The van der Waals surface area contributed by atoms with Crippen LogP contribution < -0.4 is 5.32 Å². The molecule has 14 heavy (non-hydrogen) atoms. The molecule has 2 fully saturated rings. The van der Waals surface area contributed by atoms with Crippen molar-refractivity contribution in [2.45, 2.75) is 64.1 Å². The molecule has 2 aliphatic heterocycles. The van der Waals surface area contributed by atoms with E-state index in [1.165, 1.54) is 38.8 Å². The number of rotatable bonds is 1. The first-order valence-electron chi connectivity index (χ1n) is 6.10. The van der Waals surface area contributed by atoms with Crippen molar-refractivity contribution in [2.75, 3.05) is 13.1 Å². The predicted molar refractivity (Wildman–Crippen MR) is 60.5 cm³/mol. The molecule has 2 nitrogen and oxygen atoms in total. The highest BCUT2D eigenvalue weighted by Crippen LogP contribution is 2.32. The van der Waals surface area contributed by atoms with Crippen molar-refractivity contribution in [3.8, 4) is 0 Å². The molecule has 0 saturated carbocycles. The number of hydrogen-bond acceptors (Lipinski definition) is 2. The molecule has 0 aromatic rings. The van der Waals surface area contributed by atoms with Crippen LogP contribution in [0.25, 0.3) is 0 Å². The molecule has 0 radical (unpaired) electrons. The van der Waals surface area contributed by atoms with E-state index in [4.69, 9.17) is 0 Å². The van der Waals surface area contributed by atoms with Crippen molar-refractivity contribution < 1.29 is 0 Å². The second-order valence-electron chi connectivity index (χ2n) is 5.65. The van der Waals surface area contributed by atoms with E-state index < -0.39 is 0 Å². The van der Waals surface area contributed by atoms with Gasteiger partial charge in [-0.3, -0.25) is 4.90 Å². The fourth-order valence-electron chi connectivity index (χ4n) is 3.05. The Kier molecular flexibility index (Phi) is 2.85. The normalized spacial score (nSPS) is 38.8. The van der Waals surface area contributed by atoms with Gasteiger partial charge in [-0.25, -0.2) is 0 Å². The Hall–Kier alpha value is -0.0800. The lowest BCUT2D eigenvalue weighted by atomic mass is 9.95. The Labute approximate surface area is 88.1 Å². The first-order valence-corrected chi connectivity index (χ1v) is 6.10. The minimum absolute atomic E-state index is 0.451. The summed E-state index contributed by atoms with van der Waals surface area (Å²) in [6.45, 7) is 9.61. The number of likely N-dealkylation sites (tertiary alicyclic amines) is 1. The van der Waals surface area contributed by atoms with Crippen molar-refractivity contribution in [1.29, 1.82) is 0 Å². The Morgan fingerprint density at radius 1 is 1.29 bits per heavy atom. The number of nitrogens with one attached hydrogen (secondary N) is 1. The highest BCUT2D eigenvalue weighted by atomic mass is 15.3. The van der Waals surface area contributed by atoms with Crippen LogP contribution >= 0.6 is 0 Å². The zero-order valence-electron chi connectivity index (χ0n) is 9.84. The molecule has 2 rings (SSSR count). The summed E-state index contributed by atoms with van der Waals surface area (Å²) in [5.74, 6) is 0. The zero-order valence-corrected chi connectivity index (χ0v) is 9.84. The van der Waals surface area contributed by atoms with E-state index >= 15 is 0 Å². The smallest absolute Gasteiger partial charge is 0.0226 e. The van der Waals surface area contributed by atoms with E-state index in [1.54, 1.807) is 0 Å². The van der Waals surface area contributed by atoms with Crippen molar-refractivity contribution in [2.24, 2.45) is 0 Å². The highest BCUT2D eigenvalue weighted by molar-refractivity contribution is 4.94. The maximum Gasteiger partial charge on any atom is 0.0226 e. The van der Waals surface area contributed by atoms with Crippen LogP contribution in [-0.2, 0) is 0 Å². The zero-order chi connectivity index (χ0) is 10.2. The van der Waals surface area contributed by atoms with Crippen LogP contribution in [0.1, 0.15) is 46.5 Å². The van der Waals surface area contributed by atoms with Crippen LogP contribution in [0.5, 0.6) is 0 Å². The third-order valence-electron chi connectivity index (χ3n) is 4.04. The third kappa shape index (κ3) is 1.96. The van der Waals surface area contributed by atoms with E-state index in [0.717, 1.165) is 12.1 Å². The standard InChI is InChI=1S/C12H24N2/c1-10-5-6-11(9-13-10)14-8-4-7-12(14,2)3/h10-11,13H,4-9H2,1-3H3. The Morgan fingerprint density at radius 2 is 2.07 bits per heavy atom. The molecule has 0 aliphatic carbocycles. The van der Waals surface area contributed by atoms with Crippen LogP contribution in [0.15, 0.2) is 0 Å². The number of nitrogens with zero attached hydrogens (tertiary/aromatic N) is 1. The van der Waals surface area contributed by atoms with Gasteiger partial charge < -0.3 is 5.32 Å². The van der Waals surface area contributed by atoms with Gasteiger partial charge in [0.1, 0.15) is 0 Å². The maximum atomic E-state index is 3.61. The molecule has 0 aromatic carbocycles. The fraction of sp³-hybridized carbons (Fsp3) is 1.00. The van der Waals surface area contributed by atoms with Gasteiger partial charge in [-0.05, 0) is 53.0 Å². The number of hydrogen-bond donors (Lipinski definition) is 1. The summed E-state index contributed by atoms with van der Waals surface area (Å²) in [7, 11) is 0. The van der Waals surface area contributed by atoms with E-state index in [-0.39, 0.29) is 0 Å². The molecule has 0 bridgehead atoms. The molecular formula is C12H24N2. The summed E-state index contributed by atoms with van der Waals surface area (Å²) in [4.78, 5) is 2.73. The van der Waals surface area contributed by atoms with E-state index in [9.17, 15) is 0 Å². The van der Waals surface area contributed by atoms with Crippen LogP contribution in [0.2, 0.25) is 0 Å². The summed E-state index contributed by atoms with van der Waals surface area (Å²) in [5, 5.41) is 3.61. The first kappa shape index (κ1) is 10.4. The Balaban J connectivity index is 1.95. The van der Waals surface area contributed by atoms with Crippen LogP contribution in [0.3, 0.4) is 0 Å². The van der Waals surface area contributed by atoms with Gasteiger partial charge in [-0.2, -0.15) is 0 Å². The summed E-state index contributed by atoms with van der Waals surface area (Å²) < 4.78 is 0. The van der Waals surface area contributed by atoms with E-state index in [1.807, 2.05) is 0 Å². The van der Waals surface area contributed by atoms with Gasteiger partial charge in [0.15, 0.2) is 0 Å². The second kappa shape index (κ2) is 3.82. The summed E-state index contributed by atoms with van der Waals surface area (Å²) in [6.07, 6.45) is 5.49. The van der Waals surface area contributed by atoms with E-state index in [0.29, 0.717) is 5.54 Å². The van der Waals surface area contributed by atoms with Gasteiger partial charge in [-0.1, -0.05) is 0 Å². The second-order valence-corrected chi connectivity index (χ2v) is 5.65. The average Bonchev–Trinajstić information content (AvgIpc) is 2.47. The van der Waals surface area contributed by atoms with Crippen molar-refractivity contribution in [3.63, 3.8) is 0 Å². The van der Waals surface area contributed by atoms with Crippen LogP contribution in [0, 0.1) is 0 Å². The lowest BCUT2D eigenvalue weighted by molar-refractivity contribution is 0.0903. The van der Waals surface area contributed by atoms with Crippen molar-refractivity contribution in [1.82, 2.24) is 10.2 Å². The summed E-state index contributed by atoms with van der Waals surface area (Å²) in [6, 6.07) is 1.53. The highest BCUT2D eigenvalue weighted by Gasteiger charge is 2.37. The summed E-state index contributed by atoms with van der Waals surface area (Å²) >= 11 is 0. The Bertz CT molecular complexity index is 192.